The standard InChI is InChI=1S/C28H28N6O/c1-3-22(35)34-14-28(15-34)8-9-33(13-28)27-19(11-29)25(24-17-5-6-18(10-17)26(24)31-27)23-16(2)4-7-21-20(23)12-30-32-21/h3-4,7,12,17-18H,1,5-6,8-10,13-15H2,2H3,(H,30,32)/t17-,18+/m1/s1. The van der Waals surface area contributed by atoms with Crippen LogP contribution in [0.2, 0.25) is 0 Å². The van der Waals surface area contributed by atoms with E-state index < -0.39 is 0 Å². The van der Waals surface area contributed by atoms with Crippen LogP contribution in [0.25, 0.3) is 22.0 Å². The van der Waals surface area contributed by atoms with E-state index in [0.29, 0.717) is 17.4 Å². The lowest BCUT2D eigenvalue weighted by Gasteiger charge is -2.47. The third-order valence-electron chi connectivity index (χ3n) is 8.94. The maximum Gasteiger partial charge on any atom is 0.245 e. The zero-order chi connectivity index (χ0) is 23.9. The van der Waals surface area contributed by atoms with Crippen molar-refractivity contribution in [3.05, 3.63) is 53.4 Å². The van der Waals surface area contributed by atoms with Gasteiger partial charge in [0.2, 0.25) is 5.91 Å². The first-order valence-electron chi connectivity index (χ1n) is 12.6. The van der Waals surface area contributed by atoms with Crippen molar-refractivity contribution in [2.75, 3.05) is 31.1 Å². The van der Waals surface area contributed by atoms with E-state index in [-0.39, 0.29) is 11.3 Å². The Labute approximate surface area is 204 Å². The Bertz CT molecular complexity index is 1460. The summed E-state index contributed by atoms with van der Waals surface area (Å²) in [6.45, 7) is 8.96. The first-order valence-corrected chi connectivity index (χ1v) is 12.6. The quantitative estimate of drug-likeness (QED) is 0.581. The Balaban J connectivity index is 1.38. The fourth-order valence-corrected chi connectivity index (χ4v) is 7.30. The van der Waals surface area contributed by atoms with Gasteiger partial charge in [-0.3, -0.25) is 9.89 Å². The highest BCUT2D eigenvalue weighted by molar-refractivity contribution is 6.00. The van der Waals surface area contributed by atoms with E-state index in [4.69, 9.17) is 4.98 Å². The molecule has 1 saturated carbocycles. The molecule has 35 heavy (non-hydrogen) atoms. The number of nitrogens with zero attached hydrogens (tertiary/aromatic N) is 5. The van der Waals surface area contributed by atoms with Gasteiger partial charge < -0.3 is 9.80 Å². The number of carbonyl (C=O) groups is 1. The molecule has 0 radical (unpaired) electrons. The molecule has 2 atom stereocenters. The summed E-state index contributed by atoms with van der Waals surface area (Å²) in [5.74, 6) is 1.81. The van der Waals surface area contributed by atoms with E-state index in [1.54, 1.807) is 0 Å². The molecule has 1 N–H and O–H groups in total. The van der Waals surface area contributed by atoms with Crippen molar-refractivity contribution in [1.82, 2.24) is 20.1 Å². The number of benzene rings is 1. The third kappa shape index (κ3) is 2.80. The summed E-state index contributed by atoms with van der Waals surface area (Å²) in [6.07, 6.45) is 7.81. The number of rotatable bonds is 3. The average molecular weight is 465 g/mol. The summed E-state index contributed by atoms with van der Waals surface area (Å²) in [5, 5.41) is 19.1. The van der Waals surface area contributed by atoms with Crippen LogP contribution in [-0.4, -0.2) is 52.2 Å². The first-order chi connectivity index (χ1) is 17.0. The number of aromatic nitrogens is 3. The van der Waals surface area contributed by atoms with Crippen LogP contribution in [0.4, 0.5) is 5.82 Å². The molecule has 0 unspecified atom stereocenters. The smallest absolute Gasteiger partial charge is 0.245 e. The van der Waals surface area contributed by atoms with E-state index in [1.807, 2.05) is 11.1 Å². The van der Waals surface area contributed by atoms with Crippen molar-refractivity contribution in [1.29, 1.82) is 5.26 Å². The van der Waals surface area contributed by atoms with Crippen molar-refractivity contribution in [2.45, 2.75) is 44.4 Å². The number of hydrogen-bond acceptors (Lipinski definition) is 5. The second-order valence-electron chi connectivity index (χ2n) is 11.0. The van der Waals surface area contributed by atoms with Gasteiger partial charge in [0.15, 0.2) is 0 Å². The molecule has 7 rings (SSSR count). The first kappa shape index (κ1) is 20.7. The molecule has 1 spiro atoms. The molecular weight excluding hydrogens is 436 g/mol. The molecule has 4 aliphatic rings. The second kappa shape index (κ2) is 7.17. The Kier molecular flexibility index (Phi) is 4.24. The summed E-state index contributed by atoms with van der Waals surface area (Å²) in [4.78, 5) is 21.5. The van der Waals surface area contributed by atoms with Gasteiger partial charge in [0, 0.05) is 48.5 Å². The molecule has 4 heterocycles. The van der Waals surface area contributed by atoms with Crippen molar-refractivity contribution in [3.8, 4) is 17.2 Å². The van der Waals surface area contributed by atoms with Crippen LogP contribution < -0.4 is 4.90 Å². The van der Waals surface area contributed by atoms with Crippen LogP contribution in [-0.2, 0) is 4.79 Å². The van der Waals surface area contributed by atoms with E-state index >= 15 is 0 Å². The summed E-state index contributed by atoms with van der Waals surface area (Å²) < 4.78 is 0. The highest BCUT2D eigenvalue weighted by Crippen LogP contribution is 2.57. The number of aromatic amines is 1. The molecule has 7 heteroatoms. The fourth-order valence-electron chi connectivity index (χ4n) is 7.30. The van der Waals surface area contributed by atoms with Crippen LogP contribution in [0.3, 0.4) is 0 Å². The number of nitrogens with one attached hydrogen (secondary N) is 1. The Hall–Kier alpha value is -3.66. The predicted octanol–water partition coefficient (Wildman–Crippen LogP) is 4.39. The molecule has 2 saturated heterocycles. The Morgan fingerprint density at radius 2 is 2.09 bits per heavy atom. The molecule has 2 aromatic heterocycles. The minimum Gasteiger partial charge on any atom is -0.355 e. The maximum atomic E-state index is 12.0. The number of pyridine rings is 1. The molecule has 3 fully saturated rings. The molecule has 3 aromatic rings. The number of amides is 1. The molecule has 2 aliphatic carbocycles. The number of fused-ring (bicyclic) bond motifs is 6. The van der Waals surface area contributed by atoms with Crippen LogP contribution in [0.1, 0.15) is 59.9 Å². The minimum atomic E-state index is 0.00411. The maximum absolute atomic E-state index is 12.0. The highest BCUT2D eigenvalue weighted by atomic mass is 16.2. The van der Waals surface area contributed by atoms with Gasteiger partial charge in [-0.25, -0.2) is 4.98 Å². The van der Waals surface area contributed by atoms with Crippen LogP contribution in [0, 0.1) is 23.7 Å². The highest BCUT2D eigenvalue weighted by Gasteiger charge is 2.50. The lowest BCUT2D eigenvalue weighted by atomic mass is 9.79. The summed E-state index contributed by atoms with van der Waals surface area (Å²) >= 11 is 0. The molecule has 2 bridgehead atoms. The molecule has 7 nitrogen and oxygen atoms in total. The van der Waals surface area contributed by atoms with Gasteiger partial charge in [0.1, 0.15) is 17.5 Å². The van der Waals surface area contributed by atoms with Gasteiger partial charge in [0.05, 0.1) is 17.4 Å². The third-order valence-corrected chi connectivity index (χ3v) is 8.94. The number of likely N-dealkylation sites (tertiary alicyclic amines) is 1. The van der Waals surface area contributed by atoms with Crippen LogP contribution >= 0.6 is 0 Å². The van der Waals surface area contributed by atoms with Crippen molar-refractivity contribution >= 4 is 22.6 Å². The van der Waals surface area contributed by atoms with E-state index in [0.717, 1.165) is 72.4 Å². The molecular formula is C28H28N6O. The number of hydrogen-bond donors (Lipinski definition) is 1. The Morgan fingerprint density at radius 3 is 2.89 bits per heavy atom. The topological polar surface area (TPSA) is 88.9 Å². The normalized spacial score (nSPS) is 23.5. The van der Waals surface area contributed by atoms with Crippen molar-refractivity contribution < 1.29 is 4.79 Å². The van der Waals surface area contributed by atoms with Crippen LogP contribution in [0.15, 0.2) is 31.0 Å². The summed E-state index contributed by atoms with van der Waals surface area (Å²) in [7, 11) is 0. The zero-order valence-corrected chi connectivity index (χ0v) is 20.0. The largest absolute Gasteiger partial charge is 0.355 e. The SMILES string of the molecule is C=CC(=O)N1CC2(CCN(c3nc4c(c(-c5c(C)ccc6[nH]ncc56)c3C#N)[C@@H]3CC[C@H]4C3)C2)C1. The van der Waals surface area contributed by atoms with Crippen LogP contribution in [0.5, 0.6) is 0 Å². The van der Waals surface area contributed by atoms with Crippen molar-refractivity contribution in [3.63, 3.8) is 0 Å². The monoisotopic (exact) mass is 464 g/mol. The Morgan fingerprint density at radius 1 is 1.26 bits per heavy atom. The number of carbonyl (C=O) groups excluding carboxylic acids is 1. The van der Waals surface area contributed by atoms with E-state index in [2.05, 4.69) is 46.8 Å². The van der Waals surface area contributed by atoms with Gasteiger partial charge in [0.25, 0.3) is 0 Å². The van der Waals surface area contributed by atoms with Crippen molar-refractivity contribution in [2.24, 2.45) is 5.41 Å². The van der Waals surface area contributed by atoms with E-state index in [1.165, 1.54) is 30.2 Å². The summed E-state index contributed by atoms with van der Waals surface area (Å²) in [5.41, 5.74) is 7.67. The lowest BCUT2D eigenvalue weighted by Crippen LogP contribution is -2.59. The van der Waals surface area contributed by atoms with E-state index in [9.17, 15) is 10.1 Å². The molecule has 1 aromatic carbocycles. The number of nitriles is 1. The fraction of sp³-hybridized carbons (Fsp3) is 0.429. The summed E-state index contributed by atoms with van der Waals surface area (Å²) in [6, 6.07) is 6.79. The lowest BCUT2D eigenvalue weighted by molar-refractivity contribution is -0.136. The molecule has 2 aliphatic heterocycles. The van der Waals surface area contributed by atoms with Gasteiger partial charge in [-0.05, 0) is 67.4 Å². The van der Waals surface area contributed by atoms with Gasteiger partial charge in [-0.2, -0.15) is 10.4 Å². The zero-order valence-electron chi connectivity index (χ0n) is 20.0. The predicted molar refractivity (Wildman–Crippen MR) is 134 cm³/mol. The minimum absolute atomic E-state index is 0.00411. The van der Waals surface area contributed by atoms with Gasteiger partial charge in [-0.1, -0.05) is 12.6 Å². The average Bonchev–Trinajstić information content (AvgIpc) is 3.64. The number of anilines is 1. The molecule has 176 valence electrons. The molecule has 1 amide bonds. The second-order valence-corrected chi connectivity index (χ2v) is 11.0. The van der Waals surface area contributed by atoms with Gasteiger partial charge in [-0.15, -0.1) is 0 Å². The van der Waals surface area contributed by atoms with Gasteiger partial charge >= 0.3 is 0 Å². The number of aryl methyl sites for hydroxylation is 1. The number of H-pyrrole nitrogens is 1.